The van der Waals surface area contributed by atoms with Crippen molar-refractivity contribution in [1.29, 1.82) is 0 Å². The number of nitrogens with two attached hydrogens (primary N) is 1. The molecular formula is C67H78N2O15. The number of fused-ring (bicyclic) bond motifs is 6. The maximum Gasteiger partial charge on any atom is 0.343 e. The van der Waals surface area contributed by atoms with Gasteiger partial charge in [-0.3, -0.25) is 9.59 Å². The summed E-state index contributed by atoms with van der Waals surface area (Å²) >= 11 is 0. The summed E-state index contributed by atoms with van der Waals surface area (Å²) < 4.78 is 58.7. The van der Waals surface area contributed by atoms with Gasteiger partial charge in [0.25, 0.3) is 0 Å². The van der Waals surface area contributed by atoms with Gasteiger partial charge in [-0.05, 0) is 131 Å². The molecule has 3 aromatic carbocycles. The molecule has 4 N–H and O–H groups in total. The normalized spacial score (nSPS) is 31.2. The Kier molecular flexibility index (Phi) is 14.8. The Bertz CT molecular complexity index is 3460. The molecule has 0 radical (unpaired) electrons. The van der Waals surface area contributed by atoms with Gasteiger partial charge >= 0.3 is 11.9 Å². The van der Waals surface area contributed by atoms with Crippen LogP contribution < -0.4 is 24.7 Å². The Balaban J connectivity index is 0.00000736. The fraction of sp³-hybridized carbons (Fsp3) is 0.493. The van der Waals surface area contributed by atoms with Crippen molar-refractivity contribution in [2.24, 2.45) is 23.5 Å². The lowest BCUT2D eigenvalue weighted by molar-refractivity contribution is -0.373. The van der Waals surface area contributed by atoms with Crippen LogP contribution in [0.5, 0.6) is 23.0 Å². The third-order valence-corrected chi connectivity index (χ3v) is 18.3. The van der Waals surface area contributed by atoms with Crippen LogP contribution in [-0.2, 0) is 39.7 Å². The first-order chi connectivity index (χ1) is 39.4. The number of carbonyl (C=O) groups is 4. The highest BCUT2D eigenvalue weighted by atomic mass is 16.8. The molecule has 17 heteroatoms. The van der Waals surface area contributed by atoms with E-state index >= 15 is 14.4 Å². The van der Waals surface area contributed by atoms with Crippen LogP contribution in [0.3, 0.4) is 0 Å². The minimum atomic E-state index is -1.74. The van der Waals surface area contributed by atoms with Gasteiger partial charge in [0.15, 0.2) is 34.3 Å². The van der Waals surface area contributed by atoms with Crippen LogP contribution in [-0.4, -0.2) is 124 Å². The van der Waals surface area contributed by atoms with Crippen molar-refractivity contribution in [3.63, 3.8) is 0 Å². The van der Waals surface area contributed by atoms with E-state index in [1.54, 1.807) is 39.0 Å². The summed E-state index contributed by atoms with van der Waals surface area (Å²) in [5.74, 6) is -3.66. The van der Waals surface area contributed by atoms with Crippen LogP contribution in [0.4, 0.5) is 0 Å². The van der Waals surface area contributed by atoms with E-state index in [4.69, 9.17) is 48.4 Å². The van der Waals surface area contributed by atoms with E-state index < -0.39 is 88.6 Å². The molecule has 84 heavy (non-hydrogen) atoms. The summed E-state index contributed by atoms with van der Waals surface area (Å²) in [7, 11) is 1.31. The number of hydrogen-bond donors (Lipinski definition) is 3. The number of rotatable bonds is 14. The molecule has 3 saturated carbocycles. The van der Waals surface area contributed by atoms with Crippen molar-refractivity contribution < 1.29 is 72.0 Å². The number of ketones is 2. The highest BCUT2D eigenvalue weighted by molar-refractivity contribution is 6.23. The van der Waals surface area contributed by atoms with E-state index in [-0.39, 0.29) is 67.7 Å². The molecule has 10 aliphatic rings. The molecule has 4 bridgehead atoms. The number of ether oxygens (including phenoxy) is 9. The Morgan fingerprint density at radius 2 is 1.60 bits per heavy atom. The SMILES string of the molecule is C.COC(=O)/C(C)=C\CC12OC(C)(C)[C@H]3C[C@H](C1=O)C1C4=C(c5ccccc5C4=O)N(CCN)C4=C1C32Oc1c(CC=C(C)C)c2c(c(OC(=O)c3ccc(O[C@@H]5O[C@@H]6COC(C)(C)O[C@H]6[C@H](O)[C@H]5O)cc3)c14)C=CC(C)(CCC=C(C)C)O2. The lowest BCUT2D eigenvalue weighted by Crippen LogP contribution is -2.75. The Hall–Kier alpha value is -6.70. The van der Waals surface area contributed by atoms with Gasteiger partial charge in [-0.15, -0.1) is 0 Å². The number of allylic oxidation sites excluding steroid dienone is 5. The standard InChI is InChI=1S/C66H74N2O15.CH4/c1-33(2)15-14-26-64(10)27-25-41-54(81-64)40(23-18-34(3)4)56-47(55(41)79-60(74)36-19-21-37(22-20-36)77-61-53(71)52(70)57-43(78-61)32-76-63(8,9)80-57)50-48-45(46-49(68(50)30-29-67)38-16-12-13-17-39(38)51(46)69)42-31-44-62(6,7)83-65(58(42)72,66(44,48)82-56)28-24-35(5)59(73)75-11;/h12-13,15-22,24-25,27,42-45,52-53,57,61,70-71H,14,23,26,28-32,67H2,1-11H3;1H4/b35-24-;/t42-,43+,44+,45?,52+,53+,57+,61+,64?,65?,66?;/m0./s1. The number of methoxy groups -OCH3 is 1. The number of benzene rings is 3. The quantitative estimate of drug-likeness (QED) is 0.0592. The zero-order valence-corrected chi connectivity index (χ0v) is 49.0. The molecule has 6 aliphatic heterocycles. The van der Waals surface area contributed by atoms with Crippen LogP contribution >= 0.6 is 0 Å². The second-order valence-electron chi connectivity index (χ2n) is 25.2. The molecule has 446 valence electrons. The Labute approximate surface area is 491 Å². The number of Topliss-reactive ketones (excluding diaryl/α,β-unsaturated/α-hetero) is 2. The molecule has 17 nitrogen and oxygen atoms in total. The largest absolute Gasteiger partial charge is 0.482 e. The summed E-state index contributed by atoms with van der Waals surface area (Å²) in [5.41, 5.74) is 9.21. The van der Waals surface area contributed by atoms with E-state index in [1.807, 2.05) is 71.0 Å². The highest BCUT2D eigenvalue weighted by Gasteiger charge is 2.84. The average molecular weight is 1150 g/mol. The number of carbonyl (C=O) groups excluding carboxylic acids is 4. The van der Waals surface area contributed by atoms with Crippen LogP contribution in [0.1, 0.15) is 145 Å². The molecule has 3 aromatic rings. The topological polar surface area (TPSA) is 221 Å². The number of aliphatic hydroxyl groups is 2. The number of aliphatic hydroxyl groups excluding tert-OH is 2. The third kappa shape index (κ3) is 8.97. The van der Waals surface area contributed by atoms with E-state index in [1.165, 1.54) is 24.8 Å². The number of nitrogens with zero attached hydrogens (tertiary/aromatic N) is 1. The fourth-order valence-corrected chi connectivity index (χ4v) is 14.6. The zero-order chi connectivity index (χ0) is 59.0. The predicted octanol–water partition coefficient (Wildman–Crippen LogP) is 9.55. The Morgan fingerprint density at radius 3 is 2.29 bits per heavy atom. The van der Waals surface area contributed by atoms with E-state index in [0.29, 0.717) is 87.5 Å². The van der Waals surface area contributed by atoms with Crippen molar-refractivity contribution in [3.8, 4) is 23.0 Å². The van der Waals surface area contributed by atoms with Gasteiger partial charge in [-0.25, -0.2) is 9.59 Å². The molecular weight excluding hydrogens is 1070 g/mol. The second kappa shape index (κ2) is 21.1. The maximum atomic E-state index is 16.2. The Morgan fingerprint density at radius 1 is 0.881 bits per heavy atom. The summed E-state index contributed by atoms with van der Waals surface area (Å²) in [6, 6.07) is 13.6. The van der Waals surface area contributed by atoms with Crippen molar-refractivity contribution in [2.75, 3.05) is 26.8 Å². The molecule has 11 atom stereocenters. The van der Waals surface area contributed by atoms with Gasteiger partial charge in [-0.1, -0.05) is 61.1 Å². The molecule has 4 aliphatic carbocycles. The lowest BCUT2D eigenvalue weighted by Gasteiger charge is -2.63. The number of hydrogen-bond acceptors (Lipinski definition) is 17. The molecule has 3 saturated heterocycles. The van der Waals surface area contributed by atoms with E-state index in [2.05, 4.69) is 30.9 Å². The molecule has 4 unspecified atom stereocenters. The molecule has 0 amide bonds. The summed E-state index contributed by atoms with van der Waals surface area (Å²) in [4.78, 5) is 62.1. The molecule has 6 fully saturated rings. The molecule has 1 spiro atoms. The lowest BCUT2D eigenvalue weighted by atomic mass is 9.44. The summed E-state index contributed by atoms with van der Waals surface area (Å²) in [6.07, 6.45) is 6.11. The smallest absolute Gasteiger partial charge is 0.343 e. The van der Waals surface area contributed by atoms with Crippen LogP contribution in [0, 0.1) is 17.8 Å². The van der Waals surface area contributed by atoms with Crippen molar-refractivity contribution in [1.82, 2.24) is 4.90 Å². The average Bonchev–Trinajstić information content (AvgIpc) is 1.33. The van der Waals surface area contributed by atoms with Gasteiger partial charge in [0.05, 0.1) is 47.4 Å². The molecule has 6 heterocycles. The maximum absolute atomic E-state index is 16.2. The van der Waals surface area contributed by atoms with Crippen LogP contribution in [0.25, 0.3) is 17.5 Å². The van der Waals surface area contributed by atoms with Gasteiger partial charge in [-0.2, -0.15) is 0 Å². The van der Waals surface area contributed by atoms with Gasteiger partial charge in [0.1, 0.15) is 47.3 Å². The first kappa shape index (κ1) is 59.0. The summed E-state index contributed by atoms with van der Waals surface area (Å²) in [6.45, 7) is 19.6. The van der Waals surface area contributed by atoms with Crippen molar-refractivity contribution in [3.05, 3.63) is 134 Å². The zero-order valence-electron chi connectivity index (χ0n) is 49.0. The predicted molar refractivity (Wildman–Crippen MR) is 313 cm³/mol. The minimum Gasteiger partial charge on any atom is -0.482 e. The highest BCUT2D eigenvalue weighted by Crippen LogP contribution is 2.75. The van der Waals surface area contributed by atoms with Crippen molar-refractivity contribution in [2.45, 2.75) is 168 Å². The third-order valence-electron chi connectivity index (χ3n) is 18.3. The number of esters is 2. The van der Waals surface area contributed by atoms with Gasteiger partial charge in [0.2, 0.25) is 6.29 Å². The van der Waals surface area contributed by atoms with Gasteiger partial charge in [0, 0.05) is 70.7 Å². The van der Waals surface area contributed by atoms with Gasteiger partial charge < -0.3 is 63.5 Å². The van der Waals surface area contributed by atoms with Crippen molar-refractivity contribution >= 4 is 41.0 Å². The summed E-state index contributed by atoms with van der Waals surface area (Å²) in [5, 5.41) is 22.3. The van der Waals surface area contributed by atoms with Crippen LogP contribution in [0.15, 0.2) is 101 Å². The first-order valence-electron chi connectivity index (χ1n) is 28.9. The van der Waals surface area contributed by atoms with E-state index in [0.717, 1.165) is 5.57 Å². The fourth-order valence-electron chi connectivity index (χ4n) is 14.6. The first-order valence-corrected chi connectivity index (χ1v) is 28.9. The van der Waals surface area contributed by atoms with E-state index in [9.17, 15) is 15.0 Å². The monoisotopic (exact) mass is 1150 g/mol. The minimum absolute atomic E-state index is 0. The molecule has 0 aromatic heterocycles. The second-order valence-corrected chi connectivity index (χ2v) is 25.2. The van der Waals surface area contributed by atoms with Crippen LogP contribution in [0.2, 0.25) is 0 Å². The molecule has 13 rings (SSSR count).